The van der Waals surface area contributed by atoms with E-state index < -0.39 is 6.04 Å². The fourth-order valence-corrected chi connectivity index (χ4v) is 3.40. The number of nitrogens with zero attached hydrogens (tertiary/aromatic N) is 3. The number of rotatable bonds is 3. The van der Waals surface area contributed by atoms with E-state index in [0.29, 0.717) is 39.0 Å². The van der Waals surface area contributed by atoms with Crippen molar-refractivity contribution in [3.63, 3.8) is 0 Å². The van der Waals surface area contributed by atoms with Crippen LogP contribution >= 0.6 is 0 Å². The summed E-state index contributed by atoms with van der Waals surface area (Å²) in [6.45, 7) is 5.40. The van der Waals surface area contributed by atoms with Crippen LogP contribution in [0.2, 0.25) is 0 Å². The molecule has 0 spiro atoms. The van der Waals surface area contributed by atoms with Crippen LogP contribution in [0.5, 0.6) is 0 Å². The van der Waals surface area contributed by atoms with E-state index in [1.54, 1.807) is 16.7 Å². The average Bonchev–Trinajstić information content (AvgIpc) is 2.68. The Morgan fingerprint density at radius 3 is 2.15 bits per heavy atom. The van der Waals surface area contributed by atoms with Crippen molar-refractivity contribution < 1.29 is 14.4 Å². The van der Waals surface area contributed by atoms with Crippen molar-refractivity contribution in [2.24, 2.45) is 0 Å². The number of amides is 3. The molecule has 2 aliphatic rings. The highest BCUT2D eigenvalue weighted by atomic mass is 16.2. The Bertz CT molecular complexity index is 646. The van der Waals surface area contributed by atoms with Crippen LogP contribution in [0.25, 0.3) is 0 Å². The molecule has 3 amide bonds. The maximum absolute atomic E-state index is 12.5. The van der Waals surface area contributed by atoms with Crippen LogP contribution in [0.4, 0.5) is 10.5 Å². The zero-order valence-electron chi connectivity index (χ0n) is 15.2. The van der Waals surface area contributed by atoms with Gasteiger partial charge >= 0.3 is 6.03 Å². The molecule has 1 atom stereocenters. The normalized spacial score (nSPS) is 19.3. The fourth-order valence-electron chi connectivity index (χ4n) is 3.40. The molecule has 26 heavy (non-hydrogen) atoms. The van der Waals surface area contributed by atoms with Gasteiger partial charge in [-0.2, -0.15) is 0 Å². The Labute approximate surface area is 153 Å². The minimum absolute atomic E-state index is 0.117. The van der Waals surface area contributed by atoms with E-state index in [-0.39, 0.29) is 17.7 Å². The summed E-state index contributed by atoms with van der Waals surface area (Å²) in [7, 11) is 0. The van der Waals surface area contributed by atoms with E-state index >= 15 is 0 Å². The Kier molecular flexibility index (Phi) is 5.75. The molecular formula is C19H26N4O3. The van der Waals surface area contributed by atoms with Crippen molar-refractivity contribution >= 4 is 23.4 Å². The minimum atomic E-state index is -0.581. The molecule has 2 heterocycles. The first kappa shape index (κ1) is 18.2. The molecule has 0 bridgehead atoms. The highest BCUT2D eigenvalue weighted by Crippen LogP contribution is 2.15. The zero-order chi connectivity index (χ0) is 18.5. The molecule has 7 nitrogen and oxygen atoms in total. The molecule has 1 unspecified atom stereocenters. The standard InChI is InChI=1S/C19H26N4O3/c1-15(18(25)22-9-7-17(24)8-10-22)20-19(26)23-13-11-21(12-14-23)16-5-3-2-4-6-16/h2-6,15H,7-14H2,1H3,(H,20,26). The van der Waals surface area contributed by atoms with Crippen molar-refractivity contribution in [2.45, 2.75) is 25.8 Å². The van der Waals surface area contributed by atoms with E-state index in [2.05, 4.69) is 22.3 Å². The smallest absolute Gasteiger partial charge is 0.318 e. The van der Waals surface area contributed by atoms with Gasteiger partial charge in [0.15, 0.2) is 0 Å². The van der Waals surface area contributed by atoms with Crippen LogP contribution in [0.1, 0.15) is 19.8 Å². The van der Waals surface area contributed by atoms with E-state index in [9.17, 15) is 14.4 Å². The third-order valence-corrected chi connectivity index (χ3v) is 5.03. The van der Waals surface area contributed by atoms with Gasteiger partial charge in [0.1, 0.15) is 11.8 Å². The molecule has 0 radical (unpaired) electrons. The first-order valence-corrected chi connectivity index (χ1v) is 9.20. The first-order valence-electron chi connectivity index (χ1n) is 9.20. The number of urea groups is 1. The number of para-hydroxylation sites is 1. The van der Waals surface area contributed by atoms with Gasteiger partial charge in [-0.05, 0) is 19.1 Å². The van der Waals surface area contributed by atoms with E-state index in [1.165, 1.54) is 0 Å². The third kappa shape index (κ3) is 4.33. The van der Waals surface area contributed by atoms with Crippen molar-refractivity contribution in [1.29, 1.82) is 0 Å². The number of Topliss-reactive ketones (excluding diaryl/α,β-unsaturated/α-hetero) is 1. The second-order valence-corrected chi connectivity index (χ2v) is 6.84. The number of likely N-dealkylation sites (tertiary alicyclic amines) is 1. The summed E-state index contributed by atoms with van der Waals surface area (Å²) in [5.41, 5.74) is 1.16. The van der Waals surface area contributed by atoms with E-state index in [0.717, 1.165) is 18.8 Å². The van der Waals surface area contributed by atoms with Gasteiger partial charge in [0, 0.05) is 57.8 Å². The number of benzene rings is 1. The van der Waals surface area contributed by atoms with Crippen LogP contribution in [0.3, 0.4) is 0 Å². The van der Waals surface area contributed by atoms with Gasteiger partial charge < -0.3 is 20.0 Å². The molecule has 1 aromatic rings. The number of anilines is 1. The van der Waals surface area contributed by atoms with Crippen LogP contribution in [0, 0.1) is 0 Å². The SMILES string of the molecule is CC(NC(=O)N1CCN(c2ccccc2)CC1)C(=O)N1CCC(=O)CC1. The van der Waals surface area contributed by atoms with Gasteiger partial charge in [0.05, 0.1) is 0 Å². The van der Waals surface area contributed by atoms with Crippen molar-refractivity contribution in [3.8, 4) is 0 Å². The molecular weight excluding hydrogens is 332 g/mol. The number of nitrogens with one attached hydrogen (secondary N) is 1. The first-order chi connectivity index (χ1) is 12.5. The van der Waals surface area contributed by atoms with Gasteiger partial charge in [-0.3, -0.25) is 9.59 Å². The lowest BCUT2D eigenvalue weighted by molar-refractivity contribution is -0.135. The number of carbonyl (C=O) groups excluding carboxylic acids is 3. The monoisotopic (exact) mass is 358 g/mol. The molecule has 0 aromatic heterocycles. The lowest BCUT2D eigenvalue weighted by Crippen LogP contribution is -2.56. The highest BCUT2D eigenvalue weighted by molar-refractivity contribution is 5.88. The molecule has 1 aromatic carbocycles. The molecule has 2 saturated heterocycles. The maximum Gasteiger partial charge on any atom is 0.318 e. The average molecular weight is 358 g/mol. The lowest BCUT2D eigenvalue weighted by atomic mass is 10.1. The van der Waals surface area contributed by atoms with E-state index in [1.807, 2.05) is 18.2 Å². The zero-order valence-corrected chi connectivity index (χ0v) is 15.2. The topological polar surface area (TPSA) is 73.0 Å². The molecule has 3 rings (SSSR count). The van der Waals surface area contributed by atoms with Crippen LogP contribution in [-0.4, -0.2) is 72.8 Å². The van der Waals surface area contributed by atoms with Crippen LogP contribution in [0.15, 0.2) is 30.3 Å². The summed E-state index contributed by atoms with van der Waals surface area (Å²) in [6, 6.07) is 9.37. The van der Waals surface area contributed by atoms with Crippen LogP contribution in [-0.2, 0) is 9.59 Å². The highest BCUT2D eigenvalue weighted by Gasteiger charge is 2.28. The molecule has 1 N–H and O–H groups in total. The lowest BCUT2D eigenvalue weighted by Gasteiger charge is -2.37. The summed E-state index contributed by atoms with van der Waals surface area (Å²) in [5.74, 6) is 0.0794. The fraction of sp³-hybridized carbons (Fsp3) is 0.526. The Morgan fingerprint density at radius 2 is 1.54 bits per heavy atom. The Hall–Kier alpha value is -2.57. The molecule has 2 fully saturated rings. The summed E-state index contributed by atoms with van der Waals surface area (Å²) in [5, 5.41) is 2.80. The van der Waals surface area contributed by atoms with Gasteiger partial charge in [-0.1, -0.05) is 18.2 Å². The maximum atomic E-state index is 12.5. The van der Waals surface area contributed by atoms with Crippen molar-refractivity contribution in [3.05, 3.63) is 30.3 Å². The number of hydrogen-bond donors (Lipinski definition) is 1. The van der Waals surface area contributed by atoms with Crippen molar-refractivity contribution in [2.75, 3.05) is 44.2 Å². The number of piperidine rings is 1. The van der Waals surface area contributed by atoms with Gasteiger partial charge in [0.2, 0.25) is 5.91 Å². The summed E-state index contributed by atoms with van der Waals surface area (Å²) in [6.07, 6.45) is 0.821. The summed E-state index contributed by atoms with van der Waals surface area (Å²) >= 11 is 0. The second-order valence-electron chi connectivity index (χ2n) is 6.84. The van der Waals surface area contributed by atoms with E-state index in [4.69, 9.17) is 0 Å². The molecule has 2 aliphatic heterocycles. The quantitative estimate of drug-likeness (QED) is 0.878. The molecule has 7 heteroatoms. The van der Waals surface area contributed by atoms with Crippen molar-refractivity contribution in [1.82, 2.24) is 15.1 Å². The number of carbonyl (C=O) groups is 3. The minimum Gasteiger partial charge on any atom is -0.368 e. The predicted octanol–water partition coefficient (Wildman–Crippen LogP) is 1.10. The molecule has 0 saturated carbocycles. The number of piperazine rings is 1. The molecule has 0 aliphatic carbocycles. The second kappa shape index (κ2) is 8.21. The number of ketones is 1. The largest absolute Gasteiger partial charge is 0.368 e. The van der Waals surface area contributed by atoms with Crippen LogP contribution < -0.4 is 10.2 Å². The summed E-state index contributed by atoms with van der Waals surface area (Å²) in [4.78, 5) is 41.9. The Morgan fingerprint density at radius 1 is 0.923 bits per heavy atom. The summed E-state index contributed by atoms with van der Waals surface area (Å²) < 4.78 is 0. The number of hydrogen-bond acceptors (Lipinski definition) is 4. The third-order valence-electron chi connectivity index (χ3n) is 5.03. The van der Waals surface area contributed by atoms with Gasteiger partial charge in [0.25, 0.3) is 0 Å². The van der Waals surface area contributed by atoms with Gasteiger partial charge in [-0.15, -0.1) is 0 Å². The molecule has 140 valence electrons. The predicted molar refractivity (Wildman–Crippen MR) is 99.0 cm³/mol. The van der Waals surface area contributed by atoms with Gasteiger partial charge in [-0.25, -0.2) is 4.79 Å². The Balaban J connectivity index is 1.46.